The van der Waals surface area contributed by atoms with Gasteiger partial charge in [-0.2, -0.15) is 13.2 Å². The van der Waals surface area contributed by atoms with Crippen LogP contribution in [0.25, 0.3) is 0 Å². The summed E-state index contributed by atoms with van der Waals surface area (Å²) in [6.45, 7) is 0.294. The van der Waals surface area contributed by atoms with E-state index >= 15 is 0 Å². The number of fused-ring (bicyclic) bond motifs is 1. The Kier molecular flexibility index (Phi) is 3.57. The minimum Gasteiger partial charge on any atom is -0.384 e. The van der Waals surface area contributed by atoms with Gasteiger partial charge in [0.25, 0.3) is 0 Å². The van der Waals surface area contributed by atoms with Crippen LogP contribution in [0.1, 0.15) is 17.9 Å². The van der Waals surface area contributed by atoms with Crippen molar-refractivity contribution in [3.8, 4) is 0 Å². The monoisotopic (exact) mass is 244 g/mol. The summed E-state index contributed by atoms with van der Waals surface area (Å²) in [5, 5.41) is 5.69. The number of nitrogens with one attached hydrogen (secondary N) is 2. The second-order valence-electron chi connectivity index (χ2n) is 4.25. The minimum atomic E-state index is -4.12. The highest BCUT2D eigenvalue weighted by atomic mass is 19.4. The maximum absolute atomic E-state index is 11.9. The first-order chi connectivity index (χ1) is 8.06. The van der Waals surface area contributed by atoms with Gasteiger partial charge in [-0.1, -0.05) is 18.2 Å². The Morgan fingerprint density at radius 1 is 1.29 bits per heavy atom. The summed E-state index contributed by atoms with van der Waals surface area (Å²) in [6.07, 6.45) is -3.40. The molecule has 0 aliphatic carbocycles. The van der Waals surface area contributed by atoms with Gasteiger partial charge in [0.15, 0.2) is 0 Å². The van der Waals surface area contributed by atoms with E-state index in [9.17, 15) is 13.2 Å². The topological polar surface area (TPSA) is 24.1 Å². The summed E-state index contributed by atoms with van der Waals surface area (Å²) in [6, 6.07) is 7.94. The van der Waals surface area contributed by atoms with Crippen LogP contribution in [0, 0.1) is 0 Å². The smallest absolute Gasteiger partial charge is 0.384 e. The molecule has 0 saturated carbocycles. The highest BCUT2D eigenvalue weighted by molar-refractivity contribution is 5.57. The number of hydrogen-bond acceptors (Lipinski definition) is 2. The molecule has 1 aliphatic heterocycles. The van der Waals surface area contributed by atoms with Gasteiger partial charge in [-0.25, -0.2) is 0 Å². The van der Waals surface area contributed by atoms with Crippen molar-refractivity contribution in [3.63, 3.8) is 0 Å². The molecule has 0 amide bonds. The number of para-hydroxylation sites is 1. The van der Waals surface area contributed by atoms with E-state index in [0.717, 1.165) is 18.7 Å². The second-order valence-corrected chi connectivity index (χ2v) is 4.25. The number of anilines is 1. The standard InChI is InChI=1S/C12H15F3N2/c13-12(14,15)8-16-6-5-9-7-17-11-4-2-1-3-10(9)11/h1-4,9,16-17H,5-8H2. The Morgan fingerprint density at radius 2 is 2.06 bits per heavy atom. The van der Waals surface area contributed by atoms with Crippen LogP contribution in [-0.2, 0) is 0 Å². The van der Waals surface area contributed by atoms with Gasteiger partial charge in [-0.05, 0) is 24.6 Å². The molecule has 1 heterocycles. The zero-order valence-corrected chi connectivity index (χ0v) is 9.35. The van der Waals surface area contributed by atoms with E-state index in [1.807, 2.05) is 24.3 Å². The van der Waals surface area contributed by atoms with E-state index in [1.165, 1.54) is 5.56 Å². The number of rotatable bonds is 4. The lowest BCUT2D eigenvalue weighted by molar-refractivity contribution is -0.124. The van der Waals surface area contributed by atoms with Crippen molar-refractivity contribution in [2.24, 2.45) is 0 Å². The van der Waals surface area contributed by atoms with Crippen molar-refractivity contribution in [1.82, 2.24) is 5.32 Å². The number of hydrogen-bond donors (Lipinski definition) is 2. The minimum absolute atomic E-state index is 0.312. The van der Waals surface area contributed by atoms with Crippen molar-refractivity contribution >= 4 is 5.69 Å². The molecule has 0 fully saturated rings. The van der Waals surface area contributed by atoms with Gasteiger partial charge in [0.1, 0.15) is 0 Å². The summed E-state index contributed by atoms with van der Waals surface area (Å²) < 4.78 is 35.8. The van der Waals surface area contributed by atoms with Gasteiger partial charge in [-0.15, -0.1) is 0 Å². The Hall–Kier alpha value is -1.23. The van der Waals surface area contributed by atoms with E-state index in [4.69, 9.17) is 0 Å². The van der Waals surface area contributed by atoms with Gasteiger partial charge < -0.3 is 10.6 Å². The third kappa shape index (κ3) is 3.36. The Morgan fingerprint density at radius 3 is 2.82 bits per heavy atom. The molecule has 2 N–H and O–H groups in total. The van der Waals surface area contributed by atoms with Crippen LogP contribution >= 0.6 is 0 Å². The lowest BCUT2D eigenvalue weighted by Crippen LogP contribution is -2.30. The van der Waals surface area contributed by atoms with Gasteiger partial charge >= 0.3 is 6.18 Å². The van der Waals surface area contributed by atoms with Crippen LogP contribution < -0.4 is 10.6 Å². The zero-order valence-electron chi connectivity index (χ0n) is 9.35. The third-order valence-corrected chi connectivity index (χ3v) is 2.93. The molecule has 1 aromatic carbocycles. The fraction of sp³-hybridized carbons (Fsp3) is 0.500. The van der Waals surface area contributed by atoms with Crippen LogP contribution in [0.15, 0.2) is 24.3 Å². The molecule has 1 atom stereocenters. The number of alkyl halides is 3. The molecular formula is C12H15F3N2. The van der Waals surface area contributed by atoms with Gasteiger partial charge in [0.2, 0.25) is 0 Å². The predicted molar refractivity (Wildman–Crippen MR) is 61.2 cm³/mol. The van der Waals surface area contributed by atoms with Crippen molar-refractivity contribution < 1.29 is 13.2 Å². The summed E-state index contributed by atoms with van der Waals surface area (Å²) in [5.74, 6) is 0.312. The molecular weight excluding hydrogens is 229 g/mol. The molecule has 0 aromatic heterocycles. The summed E-state index contributed by atoms with van der Waals surface area (Å²) in [7, 11) is 0. The van der Waals surface area contributed by atoms with Crippen LogP contribution in [0.3, 0.4) is 0 Å². The summed E-state index contributed by atoms with van der Waals surface area (Å²) >= 11 is 0. The first-order valence-electron chi connectivity index (χ1n) is 5.66. The second kappa shape index (κ2) is 4.96. The van der Waals surface area contributed by atoms with Crippen molar-refractivity contribution in [2.75, 3.05) is 25.0 Å². The molecule has 0 saturated heterocycles. The zero-order chi connectivity index (χ0) is 12.3. The molecule has 2 nitrogen and oxygen atoms in total. The Bertz CT molecular complexity index is 376. The van der Waals surface area contributed by atoms with Crippen LogP contribution in [0.2, 0.25) is 0 Å². The maximum Gasteiger partial charge on any atom is 0.401 e. The molecule has 0 spiro atoms. The quantitative estimate of drug-likeness (QED) is 0.796. The SMILES string of the molecule is FC(F)(F)CNCCC1CNc2ccccc21. The molecule has 1 aromatic rings. The number of benzene rings is 1. The fourth-order valence-corrected chi connectivity index (χ4v) is 2.12. The first-order valence-corrected chi connectivity index (χ1v) is 5.66. The molecule has 0 radical (unpaired) electrons. The van der Waals surface area contributed by atoms with Crippen LogP contribution in [0.4, 0.5) is 18.9 Å². The first kappa shape index (κ1) is 12.2. The van der Waals surface area contributed by atoms with Crippen LogP contribution in [-0.4, -0.2) is 25.8 Å². The molecule has 2 rings (SSSR count). The van der Waals surface area contributed by atoms with Gasteiger partial charge in [0.05, 0.1) is 6.54 Å². The largest absolute Gasteiger partial charge is 0.401 e. The highest BCUT2D eigenvalue weighted by Gasteiger charge is 2.26. The van der Waals surface area contributed by atoms with Crippen molar-refractivity contribution in [1.29, 1.82) is 0 Å². The van der Waals surface area contributed by atoms with E-state index in [-0.39, 0.29) is 0 Å². The highest BCUT2D eigenvalue weighted by Crippen LogP contribution is 2.32. The van der Waals surface area contributed by atoms with Gasteiger partial charge in [-0.3, -0.25) is 0 Å². The van der Waals surface area contributed by atoms with E-state index in [0.29, 0.717) is 12.5 Å². The maximum atomic E-state index is 11.9. The summed E-state index contributed by atoms with van der Waals surface area (Å²) in [4.78, 5) is 0. The summed E-state index contributed by atoms with van der Waals surface area (Å²) in [5.41, 5.74) is 2.31. The number of halogens is 3. The lowest BCUT2D eigenvalue weighted by Gasteiger charge is -2.12. The van der Waals surface area contributed by atoms with Crippen molar-refractivity contribution in [3.05, 3.63) is 29.8 Å². The fourth-order valence-electron chi connectivity index (χ4n) is 2.12. The molecule has 0 bridgehead atoms. The van der Waals surface area contributed by atoms with Gasteiger partial charge in [0, 0.05) is 18.2 Å². The molecule has 1 aliphatic rings. The van der Waals surface area contributed by atoms with Crippen molar-refractivity contribution in [2.45, 2.75) is 18.5 Å². The Labute approximate surface area is 98.2 Å². The van der Waals surface area contributed by atoms with Crippen LogP contribution in [0.5, 0.6) is 0 Å². The third-order valence-electron chi connectivity index (χ3n) is 2.93. The molecule has 5 heteroatoms. The molecule has 1 unspecified atom stereocenters. The average molecular weight is 244 g/mol. The normalized spacial score (nSPS) is 18.9. The molecule has 94 valence electrons. The Balaban J connectivity index is 1.78. The van der Waals surface area contributed by atoms with E-state index < -0.39 is 12.7 Å². The predicted octanol–water partition coefficient (Wildman–Crippen LogP) is 2.74. The molecule has 17 heavy (non-hydrogen) atoms. The lowest BCUT2D eigenvalue weighted by atomic mass is 9.98. The average Bonchev–Trinajstić information content (AvgIpc) is 2.67. The van der Waals surface area contributed by atoms with E-state index in [2.05, 4.69) is 10.6 Å². The van der Waals surface area contributed by atoms with E-state index in [1.54, 1.807) is 0 Å².